The molecule has 0 saturated heterocycles. The highest BCUT2D eigenvalue weighted by molar-refractivity contribution is 7.99. The Morgan fingerprint density at radius 1 is 1.14 bits per heavy atom. The number of esters is 1. The molecule has 1 unspecified atom stereocenters. The van der Waals surface area contributed by atoms with Gasteiger partial charge in [-0.1, -0.05) is 29.5 Å². The molecule has 0 bridgehead atoms. The summed E-state index contributed by atoms with van der Waals surface area (Å²) >= 11 is 5.49. The average Bonchev–Trinajstić information content (AvgIpc) is 2.94. The number of hydrogen-bond acceptors (Lipinski definition) is 7. The molecular formula is C29H25ClF4N4O5S. The first kappa shape index (κ1) is 33.9. The maximum Gasteiger partial charge on any atom is 0.417 e. The van der Waals surface area contributed by atoms with Crippen molar-refractivity contribution in [2.75, 3.05) is 24.4 Å². The van der Waals surface area contributed by atoms with E-state index in [4.69, 9.17) is 17.3 Å². The van der Waals surface area contributed by atoms with Crippen molar-refractivity contribution < 1.29 is 40.9 Å². The van der Waals surface area contributed by atoms with E-state index in [0.717, 1.165) is 0 Å². The maximum atomic E-state index is 14.3. The summed E-state index contributed by atoms with van der Waals surface area (Å²) in [5, 5.41) is 2.84. The quantitative estimate of drug-likeness (QED) is 0.104. The van der Waals surface area contributed by atoms with Crippen molar-refractivity contribution in [3.05, 3.63) is 87.3 Å². The second kappa shape index (κ2) is 14.2. The van der Waals surface area contributed by atoms with Crippen molar-refractivity contribution in [2.24, 2.45) is 0 Å². The van der Waals surface area contributed by atoms with Crippen LogP contribution in [0.4, 0.5) is 29.1 Å². The summed E-state index contributed by atoms with van der Waals surface area (Å²) in [6.07, 6.45) is -1.57. The lowest BCUT2D eigenvalue weighted by molar-refractivity contribution is -0.140. The number of alkyl halides is 3. The molecule has 232 valence electrons. The zero-order valence-electron chi connectivity index (χ0n) is 23.2. The van der Waals surface area contributed by atoms with Gasteiger partial charge in [-0.3, -0.25) is 19.1 Å². The van der Waals surface area contributed by atoms with Gasteiger partial charge in [-0.15, -0.1) is 0 Å². The van der Waals surface area contributed by atoms with E-state index in [9.17, 15) is 36.2 Å². The first-order valence-corrected chi connectivity index (χ1v) is 15.0. The van der Waals surface area contributed by atoms with E-state index in [-0.39, 0.29) is 29.1 Å². The second-order valence-corrected chi connectivity index (χ2v) is 12.0. The van der Waals surface area contributed by atoms with Crippen LogP contribution in [0.25, 0.3) is 0 Å². The first-order chi connectivity index (χ1) is 20.6. The monoisotopic (exact) mass is 652 g/mol. The number of rotatable bonds is 8. The van der Waals surface area contributed by atoms with E-state index < -0.39 is 55.6 Å². The van der Waals surface area contributed by atoms with Gasteiger partial charge in [-0.05, 0) is 54.6 Å². The number of hydrogen-bond donors (Lipinski definition) is 3. The Bertz CT molecular complexity index is 1790. The first-order valence-electron chi connectivity index (χ1n) is 12.6. The van der Waals surface area contributed by atoms with Gasteiger partial charge in [0.15, 0.2) is 0 Å². The lowest BCUT2D eigenvalue weighted by Crippen LogP contribution is -2.31. The van der Waals surface area contributed by atoms with Crippen molar-refractivity contribution in [1.29, 1.82) is 0 Å². The molecule has 1 aromatic heterocycles. The van der Waals surface area contributed by atoms with Gasteiger partial charge in [0.2, 0.25) is 0 Å². The van der Waals surface area contributed by atoms with E-state index in [1.165, 1.54) is 49.2 Å². The van der Waals surface area contributed by atoms with Gasteiger partial charge in [-0.2, -0.15) is 13.2 Å². The van der Waals surface area contributed by atoms with Gasteiger partial charge in [0.25, 0.3) is 11.8 Å². The Morgan fingerprint density at radius 2 is 1.86 bits per heavy atom. The van der Waals surface area contributed by atoms with Crippen molar-refractivity contribution >= 4 is 56.0 Å². The number of nitrogen functional groups attached to an aromatic ring is 1. The number of carbonyl (C=O) groups excluding carboxylic acids is 3. The Balaban J connectivity index is 1.76. The van der Waals surface area contributed by atoms with Crippen molar-refractivity contribution in [2.45, 2.75) is 25.4 Å². The smallest absolute Gasteiger partial charge is 0.417 e. The van der Waals surface area contributed by atoms with Crippen molar-refractivity contribution in [3.8, 4) is 11.8 Å². The Kier molecular flexibility index (Phi) is 11.0. The zero-order valence-corrected chi connectivity index (χ0v) is 24.8. The predicted molar refractivity (Wildman–Crippen MR) is 159 cm³/mol. The third-order valence-corrected chi connectivity index (χ3v) is 7.57. The number of nitrogens with zero attached hydrogens (tertiary/aromatic N) is 1. The lowest BCUT2D eigenvalue weighted by atomic mass is 10.1. The number of unbranched alkanes of at least 4 members (excludes halogenated alkanes) is 1. The van der Waals surface area contributed by atoms with Gasteiger partial charge in [0.1, 0.15) is 11.6 Å². The topological polar surface area (TPSA) is 140 Å². The minimum atomic E-state index is -4.90. The fourth-order valence-electron chi connectivity index (χ4n) is 3.59. The van der Waals surface area contributed by atoms with Crippen LogP contribution in [0.2, 0.25) is 5.02 Å². The maximum absolute atomic E-state index is 14.3. The molecule has 15 heteroatoms. The summed E-state index contributed by atoms with van der Waals surface area (Å²) in [4.78, 5) is 40.4. The van der Waals surface area contributed by atoms with Crippen LogP contribution in [0, 0.1) is 17.7 Å². The molecule has 2 amide bonds. The minimum absolute atomic E-state index is 0.0104. The molecule has 0 aliphatic rings. The largest absolute Gasteiger partial charge is 0.469 e. The van der Waals surface area contributed by atoms with Crippen LogP contribution in [0.1, 0.15) is 56.7 Å². The standard InChI is InChI=1S/C29H25ClF4N4O5S/c1-43-25(39)8-3-4-11-44(2,42)38-27(40)19-13-18(26(35)36-16-19)10-9-17-6-5-7-20(12-17)37-28(41)21-14-22(29(32,33)34)23(30)15-24(21)31/h5-7,11-16H,3-4,8H2,1-2H3,(H2,35,36)(H,37,41)(H,38,40,42). The van der Waals surface area contributed by atoms with E-state index in [1.807, 2.05) is 0 Å². The summed E-state index contributed by atoms with van der Waals surface area (Å²) < 4.78 is 73.5. The molecule has 2 aromatic carbocycles. The van der Waals surface area contributed by atoms with Crippen LogP contribution < -0.4 is 15.8 Å². The van der Waals surface area contributed by atoms with E-state index in [2.05, 4.69) is 31.6 Å². The van der Waals surface area contributed by atoms with Crippen LogP contribution in [0.5, 0.6) is 0 Å². The minimum Gasteiger partial charge on any atom is -0.469 e. The van der Waals surface area contributed by atoms with Gasteiger partial charge < -0.3 is 15.8 Å². The van der Waals surface area contributed by atoms with Crippen LogP contribution in [0.3, 0.4) is 0 Å². The summed E-state index contributed by atoms with van der Waals surface area (Å²) in [6.45, 7) is 0. The molecule has 3 aromatic rings. The van der Waals surface area contributed by atoms with Crippen LogP contribution >= 0.6 is 11.6 Å². The number of ether oxygens (including phenoxy) is 1. The van der Waals surface area contributed by atoms with Crippen molar-refractivity contribution in [1.82, 2.24) is 9.71 Å². The molecule has 1 heterocycles. The predicted octanol–water partition coefficient (Wildman–Crippen LogP) is 4.83. The van der Waals surface area contributed by atoms with E-state index >= 15 is 0 Å². The highest BCUT2D eigenvalue weighted by Crippen LogP contribution is 2.36. The zero-order chi connectivity index (χ0) is 32.7. The highest BCUT2D eigenvalue weighted by atomic mass is 35.5. The number of carbonyl (C=O) groups is 3. The Morgan fingerprint density at radius 3 is 2.55 bits per heavy atom. The molecule has 9 nitrogen and oxygen atoms in total. The molecule has 0 saturated carbocycles. The number of nitrogens with one attached hydrogen (secondary N) is 2. The molecule has 0 spiro atoms. The highest BCUT2D eigenvalue weighted by Gasteiger charge is 2.35. The number of pyridine rings is 1. The molecule has 0 fully saturated rings. The number of amides is 2. The summed E-state index contributed by atoms with van der Waals surface area (Å²) in [6, 6.07) is 7.92. The molecule has 3 rings (SSSR count). The third-order valence-electron chi connectivity index (χ3n) is 5.79. The Hall–Kier alpha value is -4.61. The Labute approximate surface area is 255 Å². The van der Waals surface area contributed by atoms with Crippen LogP contribution in [-0.4, -0.2) is 45.7 Å². The van der Waals surface area contributed by atoms with E-state index in [1.54, 1.807) is 6.07 Å². The van der Waals surface area contributed by atoms with Gasteiger partial charge in [0, 0.05) is 39.8 Å². The van der Waals surface area contributed by atoms with Crippen LogP contribution in [-0.2, 0) is 25.4 Å². The number of nitrogens with two attached hydrogens (primary N) is 1. The fraction of sp³-hybridized carbons (Fsp3) is 0.207. The lowest BCUT2D eigenvalue weighted by Gasteiger charge is -2.12. The van der Waals surface area contributed by atoms with Gasteiger partial charge >= 0.3 is 12.1 Å². The van der Waals surface area contributed by atoms with Crippen molar-refractivity contribution in [3.63, 3.8) is 0 Å². The number of benzene rings is 2. The summed E-state index contributed by atoms with van der Waals surface area (Å²) in [5.74, 6) is 2.02. The molecular weight excluding hydrogens is 628 g/mol. The summed E-state index contributed by atoms with van der Waals surface area (Å²) in [5.41, 5.74) is 4.27. The number of anilines is 2. The average molecular weight is 653 g/mol. The normalized spacial score (nSPS) is 12.2. The van der Waals surface area contributed by atoms with Gasteiger partial charge in [-0.25, -0.2) is 13.6 Å². The molecule has 44 heavy (non-hydrogen) atoms. The molecule has 0 aliphatic carbocycles. The molecule has 4 N–H and O–H groups in total. The third kappa shape index (κ3) is 9.45. The molecule has 0 radical (unpaired) electrons. The summed E-state index contributed by atoms with van der Waals surface area (Å²) in [7, 11) is -1.64. The molecule has 0 aliphatic heterocycles. The number of aromatic nitrogens is 1. The van der Waals surface area contributed by atoms with E-state index in [0.29, 0.717) is 30.5 Å². The van der Waals surface area contributed by atoms with Crippen LogP contribution in [0.15, 0.2) is 48.7 Å². The molecule has 1 atom stereocenters. The SMILES string of the molecule is COC(=O)CCCC=S(C)(=O)NC(=O)c1cnc(N)c(C#Cc2cccc(NC(=O)c3cc(C(F)(F)F)c(Cl)cc3F)c2)c1. The number of methoxy groups -OCH3 is 1. The van der Waals surface area contributed by atoms with Gasteiger partial charge in [0.05, 0.1) is 34.4 Å². The fourth-order valence-corrected chi connectivity index (χ4v) is 5.04. The second-order valence-electron chi connectivity index (χ2n) is 9.22. The number of halogens is 5.